The maximum atomic E-state index is 12.5. The molecule has 0 aliphatic heterocycles. The second-order valence-electron chi connectivity index (χ2n) is 6.18. The van der Waals surface area contributed by atoms with E-state index in [0.29, 0.717) is 22.0 Å². The van der Waals surface area contributed by atoms with Crippen molar-refractivity contribution in [3.8, 4) is 5.75 Å². The zero-order valence-electron chi connectivity index (χ0n) is 14.6. The Bertz CT molecular complexity index is 1090. The van der Waals surface area contributed by atoms with Gasteiger partial charge in [0.15, 0.2) is 5.69 Å². The van der Waals surface area contributed by atoms with E-state index in [1.54, 1.807) is 24.7 Å². The molecule has 0 saturated carbocycles. The predicted octanol–water partition coefficient (Wildman–Crippen LogP) is 5.38. The van der Waals surface area contributed by atoms with Gasteiger partial charge in [-0.25, -0.2) is 9.78 Å². The molecule has 148 valence electrons. The molecule has 0 radical (unpaired) electrons. The van der Waals surface area contributed by atoms with Gasteiger partial charge < -0.3 is 14.4 Å². The van der Waals surface area contributed by atoms with Crippen LogP contribution in [-0.4, -0.2) is 27.0 Å². The average Bonchev–Trinajstić information content (AvgIpc) is 2.86. The molecule has 0 unspecified atom stereocenters. The number of rotatable bonds is 4. The van der Waals surface area contributed by atoms with E-state index in [4.69, 9.17) is 23.2 Å². The SMILES string of the molecule is Cc1cc(OC(F)(F)F)cc2c1c(Cc1c(Cl)cnc(C(=O)O)c1Cl)cn2C. The van der Waals surface area contributed by atoms with E-state index in [1.807, 2.05) is 0 Å². The van der Waals surface area contributed by atoms with E-state index >= 15 is 0 Å². The first-order valence-electron chi connectivity index (χ1n) is 7.88. The highest BCUT2D eigenvalue weighted by Gasteiger charge is 2.31. The molecule has 2 heterocycles. The average molecular weight is 433 g/mol. The van der Waals surface area contributed by atoms with Crippen LogP contribution in [-0.2, 0) is 13.5 Å². The maximum Gasteiger partial charge on any atom is 0.573 e. The minimum Gasteiger partial charge on any atom is -0.476 e. The van der Waals surface area contributed by atoms with E-state index in [-0.39, 0.29) is 27.9 Å². The number of pyridine rings is 1. The summed E-state index contributed by atoms with van der Waals surface area (Å²) in [5.41, 5.74) is 1.86. The number of fused-ring (bicyclic) bond motifs is 1. The fraction of sp³-hybridized carbons (Fsp3) is 0.222. The van der Waals surface area contributed by atoms with Crippen LogP contribution in [0.15, 0.2) is 24.5 Å². The molecule has 10 heteroatoms. The van der Waals surface area contributed by atoms with Crippen molar-refractivity contribution >= 4 is 40.1 Å². The third kappa shape index (κ3) is 3.88. The molecular weight excluding hydrogens is 420 g/mol. The van der Waals surface area contributed by atoms with Crippen molar-refractivity contribution in [1.82, 2.24) is 9.55 Å². The van der Waals surface area contributed by atoms with Gasteiger partial charge in [0.1, 0.15) is 5.75 Å². The van der Waals surface area contributed by atoms with Crippen LogP contribution in [0.25, 0.3) is 10.9 Å². The Morgan fingerprint density at radius 3 is 2.61 bits per heavy atom. The summed E-state index contributed by atoms with van der Waals surface area (Å²) in [4.78, 5) is 15.0. The van der Waals surface area contributed by atoms with Crippen molar-refractivity contribution in [2.24, 2.45) is 7.05 Å². The van der Waals surface area contributed by atoms with Crippen molar-refractivity contribution in [3.05, 3.63) is 57.0 Å². The fourth-order valence-electron chi connectivity index (χ4n) is 3.13. The van der Waals surface area contributed by atoms with Gasteiger partial charge in [0.2, 0.25) is 0 Å². The number of ether oxygens (including phenoxy) is 1. The number of carboxylic acid groups (broad SMARTS) is 1. The standard InChI is InChI=1S/C18H13Cl2F3N2O3/c1-8-3-10(28-18(21,22)23)5-13-14(8)9(7-25(13)2)4-11-12(19)6-24-16(15(11)20)17(26)27/h3,5-7H,4H2,1-2H3,(H,26,27). The lowest BCUT2D eigenvalue weighted by molar-refractivity contribution is -0.274. The molecule has 3 rings (SSSR count). The van der Waals surface area contributed by atoms with Crippen LogP contribution < -0.4 is 4.74 Å². The van der Waals surface area contributed by atoms with Gasteiger partial charge in [-0.3, -0.25) is 0 Å². The zero-order valence-corrected chi connectivity index (χ0v) is 16.1. The molecule has 0 bridgehead atoms. The summed E-state index contributed by atoms with van der Waals surface area (Å²) in [6.45, 7) is 1.66. The molecule has 0 amide bonds. The molecule has 0 spiro atoms. The molecule has 0 fully saturated rings. The molecule has 1 N–H and O–H groups in total. The van der Waals surface area contributed by atoms with Crippen molar-refractivity contribution < 1.29 is 27.8 Å². The monoisotopic (exact) mass is 432 g/mol. The largest absolute Gasteiger partial charge is 0.573 e. The van der Waals surface area contributed by atoms with Crippen LogP contribution in [0.1, 0.15) is 27.2 Å². The quantitative estimate of drug-likeness (QED) is 0.601. The second kappa shape index (κ2) is 7.18. The van der Waals surface area contributed by atoms with Crippen molar-refractivity contribution in [3.63, 3.8) is 0 Å². The van der Waals surface area contributed by atoms with Crippen LogP contribution in [0.3, 0.4) is 0 Å². The fourth-order valence-corrected chi connectivity index (χ4v) is 3.69. The number of nitrogens with zero attached hydrogens (tertiary/aromatic N) is 2. The Hall–Kier alpha value is -2.45. The lowest BCUT2D eigenvalue weighted by Gasteiger charge is -2.12. The smallest absolute Gasteiger partial charge is 0.476 e. The van der Waals surface area contributed by atoms with Gasteiger partial charge in [0.05, 0.1) is 15.6 Å². The van der Waals surface area contributed by atoms with E-state index in [0.717, 1.165) is 5.56 Å². The number of carbonyl (C=O) groups is 1. The summed E-state index contributed by atoms with van der Waals surface area (Å²) in [5, 5.41) is 10.0. The third-order valence-corrected chi connectivity index (χ3v) is 4.94. The van der Waals surface area contributed by atoms with Gasteiger partial charge in [-0.15, -0.1) is 13.2 Å². The van der Waals surface area contributed by atoms with E-state index < -0.39 is 12.3 Å². The van der Waals surface area contributed by atoms with E-state index in [1.165, 1.54) is 18.3 Å². The van der Waals surface area contributed by atoms with Crippen LogP contribution in [0.4, 0.5) is 13.2 Å². The molecule has 0 saturated heterocycles. The molecule has 2 aromatic heterocycles. The van der Waals surface area contributed by atoms with Crippen molar-refractivity contribution in [1.29, 1.82) is 0 Å². The topological polar surface area (TPSA) is 64.3 Å². The maximum absolute atomic E-state index is 12.5. The van der Waals surface area contributed by atoms with E-state index in [9.17, 15) is 23.1 Å². The van der Waals surface area contributed by atoms with Crippen LogP contribution in [0.2, 0.25) is 10.0 Å². The van der Waals surface area contributed by atoms with Crippen molar-refractivity contribution in [2.75, 3.05) is 0 Å². The lowest BCUT2D eigenvalue weighted by Crippen LogP contribution is -2.17. The summed E-state index contributed by atoms with van der Waals surface area (Å²) in [5.74, 6) is -1.61. The number of aryl methyl sites for hydroxylation is 2. The summed E-state index contributed by atoms with van der Waals surface area (Å²) >= 11 is 12.3. The zero-order chi connectivity index (χ0) is 20.8. The van der Waals surface area contributed by atoms with Gasteiger partial charge in [-0.2, -0.15) is 0 Å². The van der Waals surface area contributed by atoms with Gasteiger partial charge in [-0.1, -0.05) is 23.2 Å². The normalized spacial score (nSPS) is 11.8. The van der Waals surface area contributed by atoms with Gasteiger partial charge in [0.25, 0.3) is 0 Å². The molecule has 0 aliphatic rings. The van der Waals surface area contributed by atoms with Crippen LogP contribution >= 0.6 is 23.2 Å². The summed E-state index contributed by atoms with van der Waals surface area (Å²) in [6.07, 6.45) is -1.68. The number of carboxylic acids is 1. The minimum absolute atomic E-state index is 0.0771. The first kappa shape index (κ1) is 20.3. The Morgan fingerprint density at radius 2 is 2.00 bits per heavy atom. The van der Waals surface area contributed by atoms with Gasteiger partial charge in [-0.05, 0) is 29.7 Å². The highest BCUT2D eigenvalue weighted by Crippen LogP contribution is 2.35. The number of hydrogen-bond acceptors (Lipinski definition) is 3. The minimum atomic E-state index is -4.79. The number of aromatic nitrogens is 2. The molecular formula is C18H13Cl2F3N2O3. The Kier molecular flexibility index (Phi) is 5.20. The first-order valence-corrected chi connectivity index (χ1v) is 8.64. The Labute approximate surface area is 167 Å². The molecule has 1 aromatic carbocycles. The molecule has 0 aliphatic carbocycles. The molecule has 3 aromatic rings. The lowest BCUT2D eigenvalue weighted by atomic mass is 10.0. The van der Waals surface area contributed by atoms with Crippen molar-refractivity contribution in [2.45, 2.75) is 19.7 Å². The highest BCUT2D eigenvalue weighted by atomic mass is 35.5. The van der Waals surface area contributed by atoms with Gasteiger partial charge in [0, 0.05) is 37.3 Å². The Morgan fingerprint density at radius 1 is 1.32 bits per heavy atom. The summed E-state index contributed by atoms with van der Waals surface area (Å²) in [6, 6.07) is 2.58. The Balaban J connectivity index is 2.11. The summed E-state index contributed by atoms with van der Waals surface area (Å²) < 4.78 is 43.3. The number of hydrogen-bond donors (Lipinski definition) is 1. The molecule has 0 atom stereocenters. The third-order valence-electron chi connectivity index (χ3n) is 4.21. The van der Waals surface area contributed by atoms with Crippen LogP contribution in [0, 0.1) is 6.92 Å². The second-order valence-corrected chi connectivity index (χ2v) is 6.96. The number of halogens is 5. The first-order chi connectivity index (χ1) is 13.0. The van der Waals surface area contributed by atoms with E-state index in [2.05, 4.69) is 9.72 Å². The molecule has 28 heavy (non-hydrogen) atoms. The summed E-state index contributed by atoms with van der Waals surface area (Å²) in [7, 11) is 1.68. The molecule has 5 nitrogen and oxygen atoms in total. The number of benzene rings is 1. The predicted molar refractivity (Wildman–Crippen MR) is 98.4 cm³/mol. The highest BCUT2D eigenvalue weighted by molar-refractivity contribution is 6.37. The van der Waals surface area contributed by atoms with Crippen LogP contribution in [0.5, 0.6) is 5.75 Å². The number of aromatic carboxylic acids is 1. The van der Waals surface area contributed by atoms with Gasteiger partial charge >= 0.3 is 12.3 Å². The number of alkyl halides is 3.